The molecule has 1 aliphatic heterocycles. The summed E-state index contributed by atoms with van der Waals surface area (Å²) in [6.45, 7) is 3.11. The first-order chi connectivity index (χ1) is 8.25. The molecule has 102 valence electrons. The zero-order valence-electron chi connectivity index (χ0n) is 9.97. The lowest BCUT2D eigenvalue weighted by Crippen LogP contribution is -2.26. The Morgan fingerprint density at radius 2 is 1.78 bits per heavy atom. The van der Waals surface area contributed by atoms with E-state index in [1.54, 1.807) is 0 Å². The lowest BCUT2D eigenvalue weighted by atomic mass is 9.92. The van der Waals surface area contributed by atoms with Crippen molar-refractivity contribution >= 4 is 28.4 Å². The van der Waals surface area contributed by atoms with E-state index in [9.17, 15) is 4.79 Å². The summed E-state index contributed by atoms with van der Waals surface area (Å²) >= 11 is 2.21. The Hall–Kier alpha value is -0.510. The average molecular weight is 368 g/mol. The van der Waals surface area contributed by atoms with Gasteiger partial charge in [0.1, 0.15) is 5.78 Å². The number of ether oxygens (including phenoxy) is 2. The van der Waals surface area contributed by atoms with Crippen LogP contribution < -0.4 is 0 Å². The van der Waals surface area contributed by atoms with E-state index < -0.39 is 0 Å². The maximum atomic E-state index is 10.6. The van der Waals surface area contributed by atoms with E-state index in [1.807, 2.05) is 17.1 Å². The van der Waals surface area contributed by atoms with E-state index in [-0.39, 0.29) is 5.48 Å². The molecule has 0 amide bonds. The fraction of sp³-hybridized carbons (Fsp3) is 0.636. The molecule has 2 aliphatic rings. The topological polar surface area (TPSA) is 84.9 Å². The molecule has 0 atom stereocenters. The van der Waals surface area contributed by atoms with Gasteiger partial charge in [-0.25, -0.2) is 0 Å². The van der Waals surface area contributed by atoms with Crippen molar-refractivity contribution in [2.75, 3.05) is 26.4 Å². The Bertz CT molecular complexity index is 359. The lowest BCUT2D eigenvalue weighted by Gasteiger charge is -2.23. The van der Waals surface area contributed by atoms with Crippen molar-refractivity contribution in [2.24, 2.45) is 0 Å². The van der Waals surface area contributed by atoms with Gasteiger partial charge in [-0.2, -0.15) is 5.10 Å². The minimum absolute atomic E-state index is 0. The van der Waals surface area contributed by atoms with Gasteiger partial charge in [0.25, 0.3) is 0 Å². The van der Waals surface area contributed by atoms with Crippen LogP contribution in [0.5, 0.6) is 0 Å². The molecule has 0 spiro atoms. The van der Waals surface area contributed by atoms with Gasteiger partial charge in [-0.3, -0.25) is 9.48 Å². The maximum Gasteiger partial charge on any atom is 0.137 e. The Balaban J connectivity index is 0.000000199. The maximum absolute atomic E-state index is 10.6. The van der Waals surface area contributed by atoms with Crippen molar-refractivity contribution in [1.82, 2.24) is 9.78 Å². The third kappa shape index (κ3) is 4.63. The largest absolute Gasteiger partial charge is 0.412 e. The first-order valence-corrected chi connectivity index (χ1v) is 6.70. The van der Waals surface area contributed by atoms with Gasteiger partial charge in [-0.15, -0.1) is 0 Å². The van der Waals surface area contributed by atoms with Crippen LogP contribution in [0, 0.1) is 3.57 Å². The molecule has 1 aliphatic carbocycles. The van der Waals surface area contributed by atoms with E-state index in [0.717, 1.165) is 30.0 Å². The normalized spacial score (nSPS) is 19.3. The van der Waals surface area contributed by atoms with E-state index >= 15 is 0 Å². The summed E-state index contributed by atoms with van der Waals surface area (Å²) < 4.78 is 12.9. The van der Waals surface area contributed by atoms with Crippen LogP contribution in [0.3, 0.4) is 0 Å². The number of Topliss-reactive ketones (excluding diaryl/α,β-unsaturated/α-hetero) is 1. The van der Waals surface area contributed by atoms with Crippen LogP contribution in [-0.2, 0) is 14.3 Å². The molecule has 1 aromatic rings. The summed E-state index contributed by atoms with van der Waals surface area (Å²) in [4.78, 5) is 10.6. The van der Waals surface area contributed by atoms with Crippen LogP contribution in [0.25, 0.3) is 0 Å². The predicted octanol–water partition coefficient (Wildman–Crippen LogP) is 0.600. The fourth-order valence-electron chi connectivity index (χ4n) is 1.61. The number of aromatic nitrogens is 2. The monoisotopic (exact) mass is 368 g/mol. The fourth-order valence-corrected chi connectivity index (χ4v) is 2.02. The second-order valence-electron chi connectivity index (χ2n) is 3.96. The molecule has 2 fully saturated rings. The summed E-state index contributed by atoms with van der Waals surface area (Å²) in [5, 5.41) is 4.13. The minimum Gasteiger partial charge on any atom is -0.412 e. The quantitative estimate of drug-likeness (QED) is 0.680. The number of hydrogen-bond acceptors (Lipinski definition) is 4. The molecule has 18 heavy (non-hydrogen) atoms. The van der Waals surface area contributed by atoms with Crippen molar-refractivity contribution in [1.29, 1.82) is 0 Å². The molecule has 0 radical (unpaired) electrons. The van der Waals surface area contributed by atoms with Crippen LogP contribution in [0.1, 0.15) is 18.9 Å². The Morgan fingerprint density at radius 1 is 1.22 bits per heavy atom. The van der Waals surface area contributed by atoms with Crippen LogP contribution in [0.2, 0.25) is 0 Å². The molecule has 0 aromatic carbocycles. The van der Waals surface area contributed by atoms with E-state index in [1.165, 1.54) is 0 Å². The van der Waals surface area contributed by atoms with E-state index in [0.29, 0.717) is 24.7 Å². The van der Waals surface area contributed by atoms with Crippen LogP contribution in [0.15, 0.2) is 12.4 Å². The van der Waals surface area contributed by atoms with Crippen LogP contribution in [0.4, 0.5) is 0 Å². The van der Waals surface area contributed by atoms with Crippen molar-refractivity contribution < 1.29 is 19.7 Å². The average Bonchev–Trinajstić information content (AvgIpc) is 2.75. The Morgan fingerprint density at radius 3 is 2.11 bits per heavy atom. The number of hydrogen-bond donors (Lipinski definition) is 0. The molecule has 1 aromatic heterocycles. The van der Waals surface area contributed by atoms with Crippen molar-refractivity contribution in [2.45, 2.75) is 18.9 Å². The molecule has 2 N–H and O–H groups in total. The van der Waals surface area contributed by atoms with Gasteiger partial charge in [0.05, 0.1) is 42.2 Å². The summed E-state index contributed by atoms with van der Waals surface area (Å²) in [6, 6.07) is 0.339. The Kier molecular flexibility index (Phi) is 6.76. The summed E-state index contributed by atoms with van der Waals surface area (Å²) in [5.74, 6) is 0.348. The summed E-state index contributed by atoms with van der Waals surface area (Å²) in [5.41, 5.74) is 0. The van der Waals surface area contributed by atoms with Gasteiger partial charge >= 0.3 is 0 Å². The molecule has 3 rings (SSSR count). The third-order valence-corrected chi connectivity index (χ3v) is 3.17. The first-order valence-electron chi connectivity index (χ1n) is 5.62. The van der Waals surface area contributed by atoms with Crippen molar-refractivity contribution in [3.63, 3.8) is 0 Å². The molecule has 6 nitrogen and oxygen atoms in total. The predicted molar refractivity (Wildman–Crippen MR) is 73.5 cm³/mol. The van der Waals surface area contributed by atoms with Gasteiger partial charge in [-0.05, 0) is 22.6 Å². The molecular weight excluding hydrogens is 351 g/mol. The summed E-state index contributed by atoms with van der Waals surface area (Å²) in [6.07, 6.45) is 5.11. The number of nitrogens with zero attached hydrogens (tertiary/aromatic N) is 2. The van der Waals surface area contributed by atoms with Gasteiger partial charge in [0.2, 0.25) is 0 Å². The molecule has 1 saturated carbocycles. The number of carbonyl (C=O) groups is 1. The standard InChI is InChI=1S/C7H7IN2O.C4H8O2.H2O/c8-5-3-9-10(4-5)6-1-7(11)2-6;1-2-6-4-3-5-1;/h3-4,6H,1-2H2;1-4H2;1H2. The highest BCUT2D eigenvalue weighted by atomic mass is 127. The lowest BCUT2D eigenvalue weighted by molar-refractivity contribution is -0.126. The highest BCUT2D eigenvalue weighted by molar-refractivity contribution is 14.1. The van der Waals surface area contributed by atoms with Crippen molar-refractivity contribution in [3.8, 4) is 0 Å². The molecule has 0 unspecified atom stereocenters. The van der Waals surface area contributed by atoms with Crippen LogP contribution in [-0.4, -0.2) is 47.5 Å². The second kappa shape index (κ2) is 7.82. The number of rotatable bonds is 1. The van der Waals surface area contributed by atoms with Gasteiger partial charge < -0.3 is 14.9 Å². The molecule has 0 bridgehead atoms. The smallest absolute Gasteiger partial charge is 0.137 e. The second-order valence-corrected chi connectivity index (χ2v) is 5.21. The molecular formula is C11H17IN2O4. The molecule has 7 heteroatoms. The van der Waals surface area contributed by atoms with Gasteiger partial charge in [0, 0.05) is 19.0 Å². The zero-order valence-corrected chi connectivity index (χ0v) is 12.1. The number of ketones is 1. The van der Waals surface area contributed by atoms with Crippen LogP contribution >= 0.6 is 22.6 Å². The van der Waals surface area contributed by atoms with Crippen molar-refractivity contribution in [3.05, 3.63) is 16.0 Å². The number of carbonyl (C=O) groups excluding carboxylic acids is 1. The first kappa shape index (κ1) is 15.5. The SMILES string of the molecule is C1COCCO1.O.O=C1CC(n2cc(I)cn2)C1. The molecule has 2 heterocycles. The van der Waals surface area contributed by atoms with E-state index in [2.05, 4.69) is 27.7 Å². The number of halogens is 1. The van der Waals surface area contributed by atoms with E-state index in [4.69, 9.17) is 9.47 Å². The summed E-state index contributed by atoms with van der Waals surface area (Å²) in [7, 11) is 0. The highest BCUT2D eigenvalue weighted by Gasteiger charge is 2.28. The highest BCUT2D eigenvalue weighted by Crippen LogP contribution is 2.27. The Labute approximate surface area is 119 Å². The third-order valence-electron chi connectivity index (χ3n) is 2.61. The minimum atomic E-state index is 0. The zero-order chi connectivity index (χ0) is 12.1. The van der Waals surface area contributed by atoms with Gasteiger partial charge in [-0.1, -0.05) is 0 Å². The van der Waals surface area contributed by atoms with Gasteiger partial charge in [0.15, 0.2) is 0 Å². The molecule has 1 saturated heterocycles.